The number of alkyl halides is 1. The van der Waals surface area contributed by atoms with Crippen molar-refractivity contribution in [1.29, 1.82) is 0 Å². The molecule has 492 valence electrons. The highest BCUT2D eigenvalue weighted by atomic mass is 79.9. The molecular formula is C92H99Br3Si. The summed E-state index contributed by atoms with van der Waals surface area (Å²) in [5.41, 5.74) is 14.8. The van der Waals surface area contributed by atoms with Gasteiger partial charge in [0.15, 0.2) is 0 Å². The van der Waals surface area contributed by atoms with E-state index in [-0.39, 0.29) is 12.8 Å². The second-order valence-electron chi connectivity index (χ2n) is 27.1. The van der Waals surface area contributed by atoms with Crippen LogP contribution in [-0.4, -0.2) is 13.9 Å². The van der Waals surface area contributed by atoms with Gasteiger partial charge in [-0.2, -0.15) is 0 Å². The van der Waals surface area contributed by atoms with E-state index in [0.29, 0.717) is 0 Å². The van der Waals surface area contributed by atoms with Crippen molar-refractivity contribution in [1.82, 2.24) is 0 Å². The topological polar surface area (TPSA) is 0 Å². The number of rotatable bonds is 2. The van der Waals surface area contributed by atoms with Crippen LogP contribution in [0.1, 0.15) is 123 Å². The summed E-state index contributed by atoms with van der Waals surface area (Å²) < 4.78 is 2.25. The molecule has 0 N–H and O–H groups in total. The molecule has 15 aromatic carbocycles. The van der Waals surface area contributed by atoms with E-state index < -0.39 is 8.07 Å². The van der Waals surface area contributed by atoms with Gasteiger partial charge in [-0.3, -0.25) is 0 Å². The molecule has 0 atom stereocenters. The highest BCUT2D eigenvalue weighted by Crippen LogP contribution is 2.41. The molecule has 0 amide bonds. The summed E-state index contributed by atoms with van der Waals surface area (Å²) in [5, 5.41) is 32.0. The van der Waals surface area contributed by atoms with Gasteiger partial charge in [0.25, 0.3) is 0 Å². The zero-order valence-electron chi connectivity index (χ0n) is 59.8. The molecule has 0 heterocycles. The molecule has 0 fully saturated rings. The minimum absolute atomic E-state index is 0. The van der Waals surface area contributed by atoms with Crippen molar-refractivity contribution in [3.05, 3.63) is 248 Å². The fourth-order valence-corrected chi connectivity index (χ4v) is 16.9. The molecule has 0 bridgehead atoms. The quantitative estimate of drug-likeness (QED) is 0.0700. The molecule has 0 aliphatic heterocycles. The summed E-state index contributed by atoms with van der Waals surface area (Å²) in [6, 6.07) is 73.8. The average molecular weight is 1470 g/mol. The molecular weight excluding hydrogens is 1370 g/mol. The Kier molecular flexibility index (Phi) is 24.4. The van der Waals surface area contributed by atoms with Gasteiger partial charge in [0.1, 0.15) is 8.07 Å². The van der Waals surface area contributed by atoms with Crippen molar-refractivity contribution in [3.8, 4) is 11.5 Å². The highest BCUT2D eigenvalue weighted by molar-refractivity contribution is 9.10. The van der Waals surface area contributed by atoms with Crippen molar-refractivity contribution in [2.45, 2.75) is 150 Å². The molecule has 96 heavy (non-hydrogen) atoms. The summed E-state index contributed by atoms with van der Waals surface area (Å²) in [6.45, 7) is 42.0. The van der Waals surface area contributed by atoms with E-state index in [1.165, 1.54) is 168 Å². The summed E-state index contributed by atoms with van der Waals surface area (Å²) in [5.74, 6) is 5.25. The molecule has 0 radical (unpaired) electrons. The first-order valence-corrected chi connectivity index (χ1v) is 39.8. The fourth-order valence-electron chi connectivity index (χ4n) is 13.5. The summed E-state index contributed by atoms with van der Waals surface area (Å²) >= 11 is 10.1. The molecule has 15 rings (SSSR count). The predicted molar refractivity (Wildman–Crippen MR) is 451 cm³/mol. The molecule has 0 aromatic heterocycles. The van der Waals surface area contributed by atoms with Crippen molar-refractivity contribution < 1.29 is 0 Å². The Bertz CT molecular complexity index is 4930. The second kappa shape index (κ2) is 31.4. The molecule has 0 saturated carbocycles. The Labute approximate surface area is 600 Å². The maximum absolute atomic E-state index is 3.62. The van der Waals surface area contributed by atoms with Crippen LogP contribution in [0.3, 0.4) is 0 Å². The van der Waals surface area contributed by atoms with Gasteiger partial charge < -0.3 is 0 Å². The molecule has 0 aliphatic carbocycles. The van der Waals surface area contributed by atoms with E-state index in [4.69, 9.17) is 0 Å². The summed E-state index contributed by atoms with van der Waals surface area (Å²) in [7, 11) is -1.38. The largest absolute Gasteiger partial charge is 0.140 e. The lowest BCUT2D eigenvalue weighted by Crippen LogP contribution is -2.36. The smallest absolute Gasteiger partial charge is 0.130 e. The van der Waals surface area contributed by atoms with Crippen LogP contribution in [0.15, 0.2) is 209 Å². The molecule has 0 unspecified atom stereocenters. The third-order valence-electron chi connectivity index (χ3n) is 19.6. The predicted octanol–water partition coefficient (Wildman–Crippen LogP) is 30.8. The molecule has 0 aliphatic rings. The lowest BCUT2D eigenvalue weighted by molar-refractivity contribution is 0.571. The lowest BCUT2D eigenvalue weighted by atomic mass is 9.89. The normalized spacial score (nSPS) is 11.3. The average Bonchev–Trinajstić information content (AvgIpc) is 0.754. The van der Waals surface area contributed by atoms with E-state index in [2.05, 4.69) is 363 Å². The van der Waals surface area contributed by atoms with Gasteiger partial charge in [-0.05, 0) is 346 Å². The summed E-state index contributed by atoms with van der Waals surface area (Å²) in [6.07, 6.45) is 0. The maximum atomic E-state index is 3.62. The van der Waals surface area contributed by atoms with E-state index >= 15 is 0 Å². The van der Waals surface area contributed by atoms with Crippen LogP contribution in [0.5, 0.6) is 0 Å². The van der Waals surface area contributed by atoms with Gasteiger partial charge in [0, 0.05) is 14.4 Å². The Hall–Kier alpha value is -7.36. The van der Waals surface area contributed by atoms with Crippen LogP contribution in [0, 0.1) is 65.3 Å². The first-order chi connectivity index (χ1) is 45.4. The molecule has 4 heteroatoms. The van der Waals surface area contributed by atoms with Crippen LogP contribution in [0.4, 0.5) is 0 Å². The zero-order chi connectivity index (χ0) is 69.0. The Morgan fingerprint density at radius 1 is 0.302 bits per heavy atom. The number of hydrogen-bond acceptors (Lipinski definition) is 0. The SMILES string of the molecule is C.CBr.CC.CC.CC(C)[Si](C)(C#CC(C)(C)C)C(C)C.Cc1c2cc3ccccc3cc2c(C)c2cc3cc(Br)ccc3cc12.Cc1c2cc3ccccc3cc2c(C)c2cc3cc(Br)ccc3cc12.Cc1ccc2cc3c(C)c4cc5ccccc5cc4c(C)c3cc2c1. The van der Waals surface area contributed by atoms with Gasteiger partial charge >= 0.3 is 0 Å². The van der Waals surface area contributed by atoms with Gasteiger partial charge in [-0.25, -0.2) is 0 Å². The minimum Gasteiger partial charge on any atom is -0.130 e. The van der Waals surface area contributed by atoms with Gasteiger partial charge in [-0.15, -0.1) is 11.5 Å². The highest BCUT2D eigenvalue weighted by Gasteiger charge is 2.33. The van der Waals surface area contributed by atoms with Crippen molar-refractivity contribution >= 4 is 185 Å². The summed E-state index contributed by atoms with van der Waals surface area (Å²) in [4.78, 5) is 0. The monoisotopic (exact) mass is 1470 g/mol. The first kappa shape index (κ1) is 74.4. The van der Waals surface area contributed by atoms with Gasteiger partial charge in [0.05, 0.1) is 0 Å². The number of benzene rings is 15. The van der Waals surface area contributed by atoms with Crippen LogP contribution < -0.4 is 0 Å². The van der Waals surface area contributed by atoms with Crippen LogP contribution in [-0.2, 0) is 0 Å². The third-order valence-corrected chi connectivity index (χ3v) is 26.1. The number of hydrogen-bond donors (Lipinski definition) is 0. The number of halogens is 3. The van der Waals surface area contributed by atoms with Crippen LogP contribution >= 0.6 is 47.8 Å². The fraction of sp³-hybridized carbons (Fsp3) is 0.261. The standard InChI is InChI=1S/C25H20.2C24H17Br.C13H26Si.2C2H6.CH3Br.CH4/c1-15-8-9-20-13-24-16(2)22-11-18-6-4-5-7-19(18)12-23(22)17(3)25(24)14-21(20)10-15;2*1-14-21-10-16-5-3-4-6-17(16)11-22(21)15(2)24-13-19-9-20(25)8-7-18(19)12-23(14)24;1-11(2)14(8,12(3)4)10-9-13(5,6)7;3*1-2;/h4-14H,1-3H3;2*3-13H,1-2H3;11-12H,1-8H3;2*1-2H3;1H3;1H4. The molecule has 0 spiro atoms. The number of aryl methyl sites for hydroxylation is 7. The Morgan fingerprint density at radius 3 is 0.719 bits per heavy atom. The van der Waals surface area contributed by atoms with E-state index in [1.54, 1.807) is 0 Å². The van der Waals surface area contributed by atoms with E-state index in [9.17, 15) is 0 Å². The maximum Gasteiger partial charge on any atom is 0.140 e. The molecule has 0 saturated heterocycles. The number of fused-ring (bicyclic) bond motifs is 12. The first-order valence-electron chi connectivity index (χ1n) is 34.0. The van der Waals surface area contributed by atoms with Crippen LogP contribution in [0.2, 0.25) is 17.6 Å². The van der Waals surface area contributed by atoms with Crippen molar-refractivity contribution in [2.75, 3.05) is 5.83 Å². The lowest BCUT2D eigenvalue weighted by Gasteiger charge is -2.30. The minimum atomic E-state index is -1.38. The molecule has 15 aromatic rings. The third kappa shape index (κ3) is 15.3. The van der Waals surface area contributed by atoms with Crippen molar-refractivity contribution in [2.24, 2.45) is 5.41 Å². The Morgan fingerprint density at radius 2 is 0.500 bits per heavy atom. The molecule has 0 nitrogen and oxygen atoms in total. The van der Waals surface area contributed by atoms with Crippen molar-refractivity contribution in [3.63, 3.8) is 0 Å². The van der Waals surface area contributed by atoms with Crippen LogP contribution in [0.25, 0.3) is 129 Å². The Balaban J connectivity index is 0.000000162. The van der Waals surface area contributed by atoms with E-state index in [1.807, 2.05) is 33.5 Å². The van der Waals surface area contributed by atoms with Gasteiger partial charge in [-0.1, -0.05) is 226 Å². The van der Waals surface area contributed by atoms with Gasteiger partial charge in [0.2, 0.25) is 0 Å². The zero-order valence-corrected chi connectivity index (χ0v) is 65.6. The van der Waals surface area contributed by atoms with E-state index in [0.717, 1.165) is 20.0 Å². The second-order valence-corrected chi connectivity index (χ2v) is 34.1.